The van der Waals surface area contributed by atoms with Crippen LogP contribution in [0, 0.1) is 0 Å². The zero-order chi connectivity index (χ0) is 13.8. The monoisotopic (exact) mass is 270 g/mol. The predicted molar refractivity (Wildman–Crippen MR) is 78.9 cm³/mol. The number of nitrogens with two attached hydrogens (primary N) is 1. The van der Waals surface area contributed by atoms with Crippen molar-refractivity contribution in [2.45, 2.75) is 64.0 Å². The van der Waals surface area contributed by atoms with Crippen molar-refractivity contribution >= 4 is 6.03 Å². The molecule has 1 heterocycles. The van der Waals surface area contributed by atoms with Crippen molar-refractivity contribution in [3.63, 3.8) is 0 Å². The molecule has 5 N–H and O–H groups in total. The zero-order valence-corrected chi connectivity index (χ0v) is 12.0. The molecule has 0 saturated carbocycles. The summed E-state index contributed by atoms with van der Waals surface area (Å²) in [5, 5.41) is 9.01. The smallest absolute Gasteiger partial charge is 0.316 e. The number of nitrogens with one attached hydrogen (secondary N) is 3. The normalized spacial score (nSPS) is 19.0. The van der Waals surface area contributed by atoms with E-state index in [9.17, 15) is 4.79 Å². The van der Waals surface area contributed by atoms with Crippen LogP contribution in [0.25, 0.3) is 0 Å². The number of hydrogen-bond donors (Lipinski definition) is 4. The molecule has 2 amide bonds. The van der Waals surface area contributed by atoms with Crippen LogP contribution in [0.5, 0.6) is 0 Å². The molecular formula is C14H30N4O. The summed E-state index contributed by atoms with van der Waals surface area (Å²) >= 11 is 0. The number of rotatable bonds is 11. The van der Waals surface area contributed by atoms with Gasteiger partial charge in [0.1, 0.15) is 0 Å². The standard InChI is InChI=1S/C14H30N4O/c15-10-7-5-3-1-2-4-6-8-11-16-13-9-12-17-14(19)18-13/h13,16H,1-12,15H2,(H2,17,18,19). The molecule has 5 nitrogen and oxygen atoms in total. The zero-order valence-electron chi connectivity index (χ0n) is 12.0. The molecule has 0 spiro atoms. The molecule has 1 fully saturated rings. The van der Waals surface area contributed by atoms with Crippen LogP contribution >= 0.6 is 0 Å². The molecule has 1 unspecified atom stereocenters. The van der Waals surface area contributed by atoms with Gasteiger partial charge in [-0.05, 0) is 32.4 Å². The molecule has 1 aliphatic heterocycles. The van der Waals surface area contributed by atoms with Crippen LogP contribution in [0.1, 0.15) is 57.8 Å². The maximum atomic E-state index is 11.1. The summed E-state index contributed by atoms with van der Waals surface area (Å²) < 4.78 is 0. The Morgan fingerprint density at radius 2 is 1.68 bits per heavy atom. The molecule has 1 aliphatic rings. The van der Waals surface area contributed by atoms with Crippen molar-refractivity contribution in [3.8, 4) is 0 Å². The minimum absolute atomic E-state index is 0.0544. The number of hydrogen-bond acceptors (Lipinski definition) is 3. The SMILES string of the molecule is NCCCCCCCCCCNC1CCNC(=O)N1. The van der Waals surface area contributed by atoms with Crippen molar-refractivity contribution in [1.82, 2.24) is 16.0 Å². The summed E-state index contributed by atoms with van der Waals surface area (Å²) in [5.74, 6) is 0. The van der Waals surface area contributed by atoms with E-state index in [4.69, 9.17) is 5.73 Å². The highest BCUT2D eigenvalue weighted by molar-refractivity contribution is 5.74. The van der Waals surface area contributed by atoms with E-state index in [1.165, 1.54) is 51.4 Å². The Balaban J connectivity index is 1.79. The summed E-state index contributed by atoms with van der Waals surface area (Å²) in [5.41, 5.74) is 5.46. The van der Waals surface area contributed by atoms with Gasteiger partial charge in [0, 0.05) is 6.54 Å². The second-order valence-electron chi connectivity index (χ2n) is 5.31. The van der Waals surface area contributed by atoms with E-state index in [2.05, 4.69) is 16.0 Å². The fourth-order valence-electron chi connectivity index (χ4n) is 2.37. The molecule has 1 atom stereocenters. The van der Waals surface area contributed by atoms with Crippen LogP contribution in [-0.4, -0.2) is 31.8 Å². The number of carbonyl (C=O) groups excluding carboxylic acids is 1. The molecule has 0 aromatic carbocycles. The molecule has 0 aromatic heterocycles. The highest BCUT2D eigenvalue weighted by Gasteiger charge is 2.15. The summed E-state index contributed by atoms with van der Waals surface area (Å²) in [6.07, 6.45) is 11.4. The predicted octanol–water partition coefficient (Wildman–Crippen LogP) is 1.68. The van der Waals surface area contributed by atoms with Crippen molar-refractivity contribution < 1.29 is 4.79 Å². The summed E-state index contributed by atoms with van der Waals surface area (Å²) in [4.78, 5) is 11.1. The first kappa shape index (κ1) is 16.2. The van der Waals surface area contributed by atoms with Crippen LogP contribution in [0.4, 0.5) is 4.79 Å². The molecule has 1 saturated heterocycles. The average molecular weight is 270 g/mol. The Morgan fingerprint density at radius 3 is 2.32 bits per heavy atom. The Morgan fingerprint density at radius 1 is 1.05 bits per heavy atom. The highest BCUT2D eigenvalue weighted by Crippen LogP contribution is 2.08. The quantitative estimate of drug-likeness (QED) is 0.431. The van der Waals surface area contributed by atoms with Gasteiger partial charge in [-0.3, -0.25) is 5.32 Å². The lowest BCUT2D eigenvalue weighted by Gasteiger charge is -2.25. The number of urea groups is 1. The lowest BCUT2D eigenvalue weighted by atomic mass is 10.1. The Bertz CT molecular complexity index is 235. The molecule has 0 aromatic rings. The van der Waals surface area contributed by atoms with Crippen LogP contribution in [-0.2, 0) is 0 Å². The van der Waals surface area contributed by atoms with Gasteiger partial charge >= 0.3 is 6.03 Å². The van der Waals surface area contributed by atoms with E-state index in [1.54, 1.807) is 0 Å². The summed E-state index contributed by atoms with van der Waals surface area (Å²) in [6.45, 7) is 2.60. The van der Waals surface area contributed by atoms with Gasteiger partial charge in [0.25, 0.3) is 0 Å². The fraction of sp³-hybridized carbons (Fsp3) is 0.929. The van der Waals surface area contributed by atoms with Gasteiger partial charge in [-0.15, -0.1) is 0 Å². The molecular weight excluding hydrogens is 240 g/mol. The lowest BCUT2D eigenvalue weighted by Crippen LogP contribution is -2.55. The highest BCUT2D eigenvalue weighted by atomic mass is 16.2. The first-order valence-corrected chi connectivity index (χ1v) is 7.81. The molecule has 112 valence electrons. The van der Waals surface area contributed by atoms with Crippen molar-refractivity contribution in [1.29, 1.82) is 0 Å². The molecule has 5 heteroatoms. The van der Waals surface area contributed by atoms with Crippen LogP contribution in [0.3, 0.4) is 0 Å². The van der Waals surface area contributed by atoms with E-state index in [0.29, 0.717) is 0 Å². The third-order valence-electron chi connectivity index (χ3n) is 3.55. The van der Waals surface area contributed by atoms with E-state index < -0.39 is 0 Å². The third-order valence-corrected chi connectivity index (χ3v) is 3.55. The van der Waals surface area contributed by atoms with E-state index in [1.807, 2.05) is 0 Å². The van der Waals surface area contributed by atoms with Crippen molar-refractivity contribution in [2.75, 3.05) is 19.6 Å². The first-order valence-electron chi connectivity index (χ1n) is 7.81. The van der Waals surface area contributed by atoms with E-state index in [-0.39, 0.29) is 12.2 Å². The van der Waals surface area contributed by atoms with Crippen LogP contribution in [0.2, 0.25) is 0 Å². The van der Waals surface area contributed by atoms with Gasteiger partial charge in [-0.25, -0.2) is 4.79 Å². The second-order valence-corrected chi connectivity index (χ2v) is 5.31. The van der Waals surface area contributed by atoms with Crippen molar-refractivity contribution in [2.24, 2.45) is 5.73 Å². The average Bonchev–Trinajstić information content (AvgIpc) is 2.41. The molecule has 0 bridgehead atoms. The molecule has 1 rings (SSSR count). The van der Waals surface area contributed by atoms with Gasteiger partial charge in [-0.1, -0.05) is 38.5 Å². The second kappa shape index (κ2) is 11.1. The van der Waals surface area contributed by atoms with Gasteiger partial charge < -0.3 is 16.4 Å². The maximum Gasteiger partial charge on any atom is 0.316 e. The van der Waals surface area contributed by atoms with Crippen LogP contribution in [0.15, 0.2) is 0 Å². The van der Waals surface area contributed by atoms with E-state index >= 15 is 0 Å². The topological polar surface area (TPSA) is 79.2 Å². The minimum atomic E-state index is -0.0544. The molecule has 19 heavy (non-hydrogen) atoms. The summed E-state index contributed by atoms with van der Waals surface area (Å²) in [7, 11) is 0. The number of amides is 2. The molecule has 0 radical (unpaired) electrons. The van der Waals surface area contributed by atoms with Crippen LogP contribution < -0.4 is 21.7 Å². The maximum absolute atomic E-state index is 11.1. The van der Waals surface area contributed by atoms with Gasteiger partial charge in [0.15, 0.2) is 0 Å². The summed E-state index contributed by atoms with van der Waals surface area (Å²) in [6, 6.07) is -0.0544. The Labute approximate surface area is 117 Å². The third kappa shape index (κ3) is 8.83. The van der Waals surface area contributed by atoms with Gasteiger partial charge in [-0.2, -0.15) is 0 Å². The van der Waals surface area contributed by atoms with E-state index in [0.717, 1.165) is 26.1 Å². The minimum Gasteiger partial charge on any atom is -0.338 e. The van der Waals surface area contributed by atoms with Gasteiger partial charge in [0.05, 0.1) is 6.17 Å². The largest absolute Gasteiger partial charge is 0.338 e. The Kier molecular flexibility index (Phi) is 9.45. The van der Waals surface area contributed by atoms with Crippen molar-refractivity contribution in [3.05, 3.63) is 0 Å². The number of unbranched alkanes of at least 4 members (excludes halogenated alkanes) is 7. The van der Waals surface area contributed by atoms with Gasteiger partial charge in [0.2, 0.25) is 0 Å². The number of carbonyl (C=O) groups is 1. The fourth-order valence-corrected chi connectivity index (χ4v) is 2.37. The lowest BCUT2D eigenvalue weighted by molar-refractivity contribution is 0.224. The Hall–Kier alpha value is -0.810. The first-order chi connectivity index (χ1) is 9.33. The molecule has 0 aliphatic carbocycles.